The highest BCUT2D eigenvalue weighted by molar-refractivity contribution is 7.10. The first-order valence-electron chi connectivity index (χ1n) is 6.72. The number of hydrogen-bond acceptors (Lipinski definition) is 3. The van der Waals surface area contributed by atoms with Gasteiger partial charge in [0.25, 0.3) is 0 Å². The Labute approximate surface area is 119 Å². The van der Waals surface area contributed by atoms with Gasteiger partial charge in [0.2, 0.25) is 0 Å². The van der Waals surface area contributed by atoms with Crippen molar-refractivity contribution in [3.05, 3.63) is 58.3 Å². The Hall–Kier alpha value is -1.16. The van der Waals surface area contributed by atoms with Crippen LogP contribution < -0.4 is 5.73 Å². The summed E-state index contributed by atoms with van der Waals surface area (Å²) in [5.74, 6) is 0. The molecule has 0 bridgehead atoms. The zero-order chi connectivity index (χ0) is 13.7. The van der Waals surface area contributed by atoms with E-state index in [-0.39, 0.29) is 6.04 Å². The molecule has 2 N–H and O–H groups in total. The summed E-state index contributed by atoms with van der Waals surface area (Å²) in [5.41, 5.74) is 7.46. The van der Waals surface area contributed by atoms with E-state index in [1.54, 1.807) is 0 Å². The zero-order valence-corrected chi connectivity index (χ0v) is 12.4. The van der Waals surface area contributed by atoms with Gasteiger partial charge in [-0.2, -0.15) is 0 Å². The molecule has 1 heterocycles. The molecule has 1 aromatic heterocycles. The minimum absolute atomic E-state index is 0.124. The predicted octanol–water partition coefficient (Wildman–Crippen LogP) is 3.83. The van der Waals surface area contributed by atoms with Gasteiger partial charge in [-0.15, -0.1) is 11.3 Å². The average molecular weight is 274 g/mol. The molecule has 19 heavy (non-hydrogen) atoms. The molecule has 0 aliphatic heterocycles. The van der Waals surface area contributed by atoms with E-state index in [4.69, 9.17) is 5.73 Å². The fourth-order valence-electron chi connectivity index (χ4n) is 2.15. The van der Waals surface area contributed by atoms with Crippen LogP contribution >= 0.6 is 11.3 Å². The molecular formula is C16H22N2S. The quantitative estimate of drug-likeness (QED) is 0.867. The maximum Gasteiger partial charge on any atom is 0.0410 e. The van der Waals surface area contributed by atoms with Crippen molar-refractivity contribution in [3.8, 4) is 0 Å². The lowest BCUT2D eigenvalue weighted by Gasteiger charge is -2.25. The molecule has 0 aliphatic rings. The number of hydrogen-bond donors (Lipinski definition) is 1. The van der Waals surface area contributed by atoms with Gasteiger partial charge in [-0.3, -0.25) is 4.90 Å². The molecule has 0 saturated carbocycles. The van der Waals surface area contributed by atoms with Crippen LogP contribution in [0.2, 0.25) is 0 Å². The van der Waals surface area contributed by atoms with E-state index < -0.39 is 0 Å². The second kappa shape index (κ2) is 6.85. The van der Waals surface area contributed by atoms with Gasteiger partial charge in [0.1, 0.15) is 0 Å². The Kier molecular flexibility index (Phi) is 5.14. The lowest BCUT2D eigenvalue weighted by Crippen LogP contribution is -2.26. The van der Waals surface area contributed by atoms with E-state index in [1.807, 2.05) is 29.5 Å². The molecule has 2 nitrogen and oxygen atoms in total. The van der Waals surface area contributed by atoms with Crippen molar-refractivity contribution in [1.82, 2.24) is 4.90 Å². The van der Waals surface area contributed by atoms with Crippen LogP contribution in [0.15, 0.2) is 47.8 Å². The highest BCUT2D eigenvalue weighted by Gasteiger charge is 2.14. The van der Waals surface area contributed by atoms with E-state index in [9.17, 15) is 0 Å². The highest BCUT2D eigenvalue weighted by atomic mass is 32.1. The number of thiophene rings is 1. The van der Waals surface area contributed by atoms with Crippen molar-refractivity contribution in [3.63, 3.8) is 0 Å². The maximum absolute atomic E-state index is 6.24. The molecule has 2 unspecified atom stereocenters. The van der Waals surface area contributed by atoms with Crippen molar-refractivity contribution in [2.45, 2.75) is 25.4 Å². The minimum atomic E-state index is 0.124. The van der Waals surface area contributed by atoms with Crippen LogP contribution in [0.5, 0.6) is 0 Å². The fourth-order valence-corrected chi connectivity index (χ4v) is 3.00. The summed E-state index contributed by atoms with van der Waals surface area (Å²) in [6, 6.07) is 15.2. The van der Waals surface area contributed by atoms with Gasteiger partial charge in [-0.05, 0) is 37.4 Å². The Bertz CT molecular complexity index is 467. The summed E-state index contributed by atoms with van der Waals surface area (Å²) in [6.07, 6.45) is 0.982. The lowest BCUT2D eigenvalue weighted by atomic mass is 10.0. The summed E-state index contributed by atoms with van der Waals surface area (Å²) in [4.78, 5) is 3.78. The Morgan fingerprint density at radius 1 is 1.16 bits per heavy atom. The van der Waals surface area contributed by atoms with Crippen molar-refractivity contribution >= 4 is 11.3 Å². The lowest BCUT2D eigenvalue weighted by molar-refractivity contribution is 0.254. The molecule has 0 fully saturated rings. The molecule has 102 valence electrons. The number of nitrogens with zero attached hydrogens (tertiary/aromatic N) is 1. The van der Waals surface area contributed by atoms with E-state index in [0.717, 1.165) is 13.0 Å². The van der Waals surface area contributed by atoms with Crippen molar-refractivity contribution in [2.75, 3.05) is 13.6 Å². The van der Waals surface area contributed by atoms with Gasteiger partial charge in [-0.25, -0.2) is 0 Å². The zero-order valence-electron chi connectivity index (χ0n) is 11.6. The number of nitrogens with two attached hydrogens (primary N) is 1. The summed E-state index contributed by atoms with van der Waals surface area (Å²) in [7, 11) is 2.17. The van der Waals surface area contributed by atoms with Gasteiger partial charge >= 0.3 is 0 Å². The third kappa shape index (κ3) is 3.90. The molecule has 0 radical (unpaired) electrons. The molecule has 0 saturated heterocycles. The minimum Gasteiger partial charge on any atom is -0.324 e. The van der Waals surface area contributed by atoms with Crippen molar-refractivity contribution < 1.29 is 0 Å². The van der Waals surface area contributed by atoms with E-state index in [0.29, 0.717) is 6.04 Å². The van der Waals surface area contributed by atoms with Gasteiger partial charge in [0.15, 0.2) is 0 Å². The third-order valence-corrected chi connectivity index (χ3v) is 4.68. The summed E-state index contributed by atoms with van der Waals surface area (Å²) in [6.45, 7) is 3.26. The normalized spacial score (nSPS) is 14.5. The predicted molar refractivity (Wildman–Crippen MR) is 83.4 cm³/mol. The largest absolute Gasteiger partial charge is 0.324 e. The van der Waals surface area contributed by atoms with Gasteiger partial charge in [0, 0.05) is 23.5 Å². The number of rotatable bonds is 6. The molecular weight excluding hydrogens is 252 g/mol. The van der Waals surface area contributed by atoms with Crippen LogP contribution in [0, 0.1) is 0 Å². The molecule has 0 spiro atoms. The van der Waals surface area contributed by atoms with Crippen LogP contribution in [0.4, 0.5) is 0 Å². The molecule has 0 aliphatic carbocycles. The highest BCUT2D eigenvalue weighted by Crippen LogP contribution is 2.24. The molecule has 2 atom stereocenters. The average Bonchev–Trinajstić information content (AvgIpc) is 2.98. The standard InChI is InChI=1S/C16H22N2S/c1-13(16-9-6-12-19-16)18(2)11-10-15(17)14-7-4-3-5-8-14/h3-9,12-13,15H,10-11,17H2,1-2H3. The Morgan fingerprint density at radius 3 is 2.53 bits per heavy atom. The molecule has 1 aromatic carbocycles. The second-order valence-corrected chi connectivity index (χ2v) is 5.96. The Morgan fingerprint density at radius 2 is 1.89 bits per heavy atom. The monoisotopic (exact) mass is 274 g/mol. The smallest absolute Gasteiger partial charge is 0.0410 e. The van der Waals surface area contributed by atoms with Crippen LogP contribution in [0.3, 0.4) is 0 Å². The first kappa shape index (κ1) is 14.3. The van der Waals surface area contributed by atoms with Gasteiger partial charge < -0.3 is 5.73 Å². The fraction of sp³-hybridized carbons (Fsp3) is 0.375. The van der Waals surface area contributed by atoms with Crippen LogP contribution in [0.1, 0.15) is 35.9 Å². The van der Waals surface area contributed by atoms with Crippen LogP contribution in [-0.2, 0) is 0 Å². The van der Waals surface area contributed by atoms with Gasteiger partial charge in [-0.1, -0.05) is 36.4 Å². The van der Waals surface area contributed by atoms with Crippen molar-refractivity contribution in [2.24, 2.45) is 5.73 Å². The summed E-state index contributed by atoms with van der Waals surface area (Å²) < 4.78 is 0. The Balaban J connectivity index is 1.85. The van der Waals surface area contributed by atoms with E-state index in [1.165, 1.54) is 10.4 Å². The molecule has 3 heteroatoms. The third-order valence-electron chi connectivity index (χ3n) is 3.64. The molecule has 2 rings (SSSR count). The second-order valence-electron chi connectivity index (χ2n) is 4.98. The molecule has 0 amide bonds. The van der Waals surface area contributed by atoms with Crippen molar-refractivity contribution in [1.29, 1.82) is 0 Å². The van der Waals surface area contributed by atoms with Gasteiger partial charge in [0.05, 0.1) is 0 Å². The van der Waals surface area contributed by atoms with Crippen LogP contribution in [0.25, 0.3) is 0 Å². The van der Waals surface area contributed by atoms with E-state index >= 15 is 0 Å². The first-order valence-corrected chi connectivity index (χ1v) is 7.60. The summed E-state index contributed by atoms with van der Waals surface area (Å²) >= 11 is 1.82. The first-order chi connectivity index (χ1) is 9.18. The SMILES string of the molecule is CC(c1cccs1)N(C)CCC(N)c1ccccc1. The number of benzene rings is 1. The maximum atomic E-state index is 6.24. The van der Waals surface area contributed by atoms with Crippen LogP contribution in [-0.4, -0.2) is 18.5 Å². The van der Waals surface area contributed by atoms with E-state index in [2.05, 4.69) is 48.5 Å². The molecule has 2 aromatic rings. The summed E-state index contributed by atoms with van der Waals surface area (Å²) in [5, 5.41) is 2.13. The topological polar surface area (TPSA) is 29.3 Å².